The molecule has 0 spiro atoms. The SMILES string of the molecule is O=C(NCCc1nnc2n1CCCCC2)c1ccc(-c2ccccc2Cl)o1. The average molecular weight is 385 g/mol. The van der Waals surface area contributed by atoms with Crippen LogP contribution < -0.4 is 5.32 Å². The number of amides is 1. The lowest BCUT2D eigenvalue weighted by atomic mass is 10.2. The third-order valence-electron chi connectivity index (χ3n) is 4.79. The summed E-state index contributed by atoms with van der Waals surface area (Å²) in [7, 11) is 0. The minimum absolute atomic E-state index is 0.246. The lowest BCUT2D eigenvalue weighted by molar-refractivity contribution is 0.0927. The normalized spacial score (nSPS) is 13.8. The van der Waals surface area contributed by atoms with E-state index in [2.05, 4.69) is 20.1 Å². The molecule has 27 heavy (non-hydrogen) atoms. The fourth-order valence-electron chi connectivity index (χ4n) is 3.37. The summed E-state index contributed by atoms with van der Waals surface area (Å²) in [6.07, 6.45) is 5.18. The molecule has 0 radical (unpaired) electrons. The number of carbonyl (C=O) groups is 1. The molecule has 140 valence electrons. The number of aromatic nitrogens is 3. The van der Waals surface area contributed by atoms with Crippen molar-refractivity contribution < 1.29 is 9.21 Å². The van der Waals surface area contributed by atoms with Crippen molar-refractivity contribution in [3.63, 3.8) is 0 Å². The summed E-state index contributed by atoms with van der Waals surface area (Å²) in [6, 6.07) is 10.8. The highest BCUT2D eigenvalue weighted by Crippen LogP contribution is 2.29. The topological polar surface area (TPSA) is 73.0 Å². The summed E-state index contributed by atoms with van der Waals surface area (Å²) in [5.41, 5.74) is 0.768. The Labute approximate surface area is 162 Å². The van der Waals surface area contributed by atoms with Crippen molar-refractivity contribution in [1.29, 1.82) is 0 Å². The number of nitrogens with one attached hydrogen (secondary N) is 1. The molecule has 0 aliphatic carbocycles. The first-order valence-electron chi connectivity index (χ1n) is 9.26. The molecule has 0 unspecified atom stereocenters. The van der Waals surface area contributed by atoms with Gasteiger partial charge < -0.3 is 14.3 Å². The minimum atomic E-state index is -0.246. The number of furan rings is 1. The fourth-order valence-corrected chi connectivity index (χ4v) is 3.60. The number of carbonyl (C=O) groups excluding carboxylic acids is 1. The Morgan fingerprint density at radius 2 is 2.04 bits per heavy atom. The van der Waals surface area contributed by atoms with Gasteiger partial charge >= 0.3 is 0 Å². The zero-order chi connectivity index (χ0) is 18.6. The molecule has 0 saturated heterocycles. The van der Waals surface area contributed by atoms with Gasteiger partial charge in [0, 0.05) is 31.5 Å². The number of hydrogen-bond donors (Lipinski definition) is 1. The van der Waals surface area contributed by atoms with Gasteiger partial charge in [0.2, 0.25) is 0 Å². The average Bonchev–Trinajstić information content (AvgIpc) is 3.24. The van der Waals surface area contributed by atoms with Gasteiger partial charge in [0.1, 0.15) is 17.4 Å². The van der Waals surface area contributed by atoms with Crippen LogP contribution in [0.5, 0.6) is 0 Å². The van der Waals surface area contributed by atoms with Crippen molar-refractivity contribution in [2.75, 3.05) is 6.54 Å². The van der Waals surface area contributed by atoms with E-state index in [9.17, 15) is 4.79 Å². The summed E-state index contributed by atoms with van der Waals surface area (Å²) >= 11 is 6.18. The molecule has 0 atom stereocenters. The summed E-state index contributed by atoms with van der Waals surface area (Å²) < 4.78 is 7.87. The molecule has 1 aliphatic rings. The van der Waals surface area contributed by atoms with E-state index in [0.29, 0.717) is 23.7 Å². The highest BCUT2D eigenvalue weighted by atomic mass is 35.5. The van der Waals surface area contributed by atoms with Crippen LogP contribution in [0.3, 0.4) is 0 Å². The van der Waals surface area contributed by atoms with E-state index in [0.717, 1.165) is 36.6 Å². The molecule has 1 N–H and O–H groups in total. The highest BCUT2D eigenvalue weighted by molar-refractivity contribution is 6.33. The molecule has 3 aromatic rings. The molecule has 0 saturated carbocycles. The first-order valence-corrected chi connectivity index (χ1v) is 9.64. The van der Waals surface area contributed by atoms with Crippen LogP contribution in [0.1, 0.15) is 41.5 Å². The van der Waals surface area contributed by atoms with Crippen LogP contribution in [0, 0.1) is 0 Å². The van der Waals surface area contributed by atoms with Crippen LogP contribution in [-0.2, 0) is 19.4 Å². The third-order valence-corrected chi connectivity index (χ3v) is 5.12. The maximum atomic E-state index is 12.4. The standard InChI is InChI=1S/C20H21ClN4O2/c21-15-7-4-3-6-14(15)16-9-10-17(27-16)20(26)22-12-11-19-24-23-18-8-2-1-5-13-25(18)19/h3-4,6-7,9-10H,1-2,5,8,11-13H2,(H,22,26). The Balaban J connectivity index is 1.37. The van der Waals surface area contributed by atoms with Crippen molar-refractivity contribution in [3.8, 4) is 11.3 Å². The fraction of sp³-hybridized carbons (Fsp3) is 0.350. The zero-order valence-electron chi connectivity index (χ0n) is 14.9. The molecule has 4 rings (SSSR count). The van der Waals surface area contributed by atoms with Crippen molar-refractivity contribution in [2.45, 2.75) is 38.6 Å². The lowest BCUT2D eigenvalue weighted by Crippen LogP contribution is -2.26. The number of aryl methyl sites for hydroxylation is 1. The monoisotopic (exact) mass is 384 g/mol. The Morgan fingerprint density at radius 1 is 1.15 bits per heavy atom. The molecule has 1 aliphatic heterocycles. The van der Waals surface area contributed by atoms with Gasteiger partial charge in [-0.25, -0.2) is 0 Å². The van der Waals surface area contributed by atoms with Gasteiger partial charge in [0.25, 0.3) is 5.91 Å². The first-order chi connectivity index (χ1) is 13.2. The quantitative estimate of drug-likeness (QED) is 0.724. The van der Waals surface area contributed by atoms with Crippen LogP contribution in [0.15, 0.2) is 40.8 Å². The van der Waals surface area contributed by atoms with Crippen molar-refractivity contribution in [2.24, 2.45) is 0 Å². The molecule has 7 heteroatoms. The van der Waals surface area contributed by atoms with Crippen LogP contribution in [0.4, 0.5) is 0 Å². The van der Waals surface area contributed by atoms with E-state index in [1.165, 1.54) is 12.8 Å². The Bertz CT molecular complexity index is 947. The van der Waals surface area contributed by atoms with Crippen molar-refractivity contribution in [1.82, 2.24) is 20.1 Å². The van der Waals surface area contributed by atoms with Crippen LogP contribution in [-0.4, -0.2) is 27.2 Å². The minimum Gasteiger partial charge on any atom is -0.451 e. The predicted octanol–water partition coefficient (Wildman–Crippen LogP) is 3.89. The molecule has 1 amide bonds. The summed E-state index contributed by atoms with van der Waals surface area (Å²) in [5.74, 6) is 2.59. The van der Waals surface area contributed by atoms with Gasteiger partial charge in [-0.1, -0.05) is 30.2 Å². The zero-order valence-corrected chi connectivity index (χ0v) is 15.7. The molecule has 0 fully saturated rings. The van der Waals surface area contributed by atoms with Crippen LogP contribution in [0.2, 0.25) is 5.02 Å². The predicted molar refractivity (Wildman–Crippen MR) is 103 cm³/mol. The maximum absolute atomic E-state index is 12.4. The number of fused-ring (bicyclic) bond motifs is 1. The van der Waals surface area contributed by atoms with E-state index in [1.807, 2.05) is 18.2 Å². The second-order valence-electron chi connectivity index (χ2n) is 6.64. The molecule has 1 aromatic carbocycles. The first kappa shape index (κ1) is 17.8. The molecule has 0 bridgehead atoms. The highest BCUT2D eigenvalue weighted by Gasteiger charge is 2.16. The van der Waals surface area contributed by atoms with Crippen molar-refractivity contribution in [3.05, 3.63) is 58.8 Å². The molecule has 3 heterocycles. The molecular weight excluding hydrogens is 364 g/mol. The van der Waals surface area contributed by atoms with Gasteiger partial charge in [-0.05, 0) is 37.1 Å². The van der Waals surface area contributed by atoms with E-state index in [4.69, 9.17) is 16.0 Å². The Hall–Kier alpha value is -2.60. The largest absolute Gasteiger partial charge is 0.451 e. The number of nitrogens with zero attached hydrogens (tertiary/aromatic N) is 3. The van der Waals surface area contributed by atoms with Gasteiger partial charge in [-0.2, -0.15) is 0 Å². The second-order valence-corrected chi connectivity index (χ2v) is 7.05. The number of benzene rings is 1. The van der Waals surface area contributed by atoms with E-state index >= 15 is 0 Å². The Morgan fingerprint density at radius 3 is 2.93 bits per heavy atom. The van der Waals surface area contributed by atoms with Gasteiger partial charge in [0.05, 0.1) is 5.02 Å². The Kier molecular flexibility index (Phi) is 5.25. The van der Waals surface area contributed by atoms with Crippen LogP contribution in [0.25, 0.3) is 11.3 Å². The van der Waals surface area contributed by atoms with Gasteiger partial charge in [-0.3, -0.25) is 4.79 Å². The number of halogens is 1. The van der Waals surface area contributed by atoms with E-state index < -0.39 is 0 Å². The third kappa shape index (κ3) is 3.90. The van der Waals surface area contributed by atoms with Crippen LogP contribution >= 0.6 is 11.6 Å². The summed E-state index contributed by atoms with van der Waals surface area (Å²) in [5, 5.41) is 12.1. The second kappa shape index (κ2) is 7.96. The molecule has 6 nitrogen and oxygen atoms in total. The van der Waals surface area contributed by atoms with E-state index in [1.54, 1.807) is 18.2 Å². The maximum Gasteiger partial charge on any atom is 0.287 e. The van der Waals surface area contributed by atoms with E-state index in [-0.39, 0.29) is 11.7 Å². The smallest absolute Gasteiger partial charge is 0.287 e. The number of hydrogen-bond acceptors (Lipinski definition) is 4. The van der Waals surface area contributed by atoms with Gasteiger partial charge in [-0.15, -0.1) is 10.2 Å². The van der Waals surface area contributed by atoms with Crippen molar-refractivity contribution >= 4 is 17.5 Å². The molecular formula is C20H21ClN4O2. The lowest BCUT2D eigenvalue weighted by Gasteiger charge is -2.07. The summed E-state index contributed by atoms with van der Waals surface area (Å²) in [6.45, 7) is 1.45. The van der Waals surface area contributed by atoms with Gasteiger partial charge in [0.15, 0.2) is 5.76 Å². The summed E-state index contributed by atoms with van der Waals surface area (Å²) in [4.78, 5) is 12.4. The molecule has 2 aromatic heterocycles. The number of rotatable bonds is 5.